The van der Waals surface area contributed by atoms with E-state index >= 15 is 0 Å². The summed E-state index contributed by atoms with van der Waals surface area (Å²) < 4.78 is 10.8. The van der Waals surface area contributed by atoms with E-state index in [0.29, 0.717) is 31.2 Å². The summed E-state index contributed by atoms with van der Waals surface area (Å²) in [7, 11) is 1.59. The maximum atomic E-state index is 12.6. The molecule has 1 aromatic rings. The zero-order valence-corrected chi connectivity index (χ0v) is 15.2. The van der Waals surface area contributed by atoms with Gasteiger partial charge in [-0.15, -0.1) is 0 Å². The van der Waals surface area contributed by atoms with Crippen LogP contribution in [0.4, 0.5) is 0 Å². The Kier molecular flexibility index (Phi) is 6.44. The Hall–Kier alpha value is -2.50. The zero-order valence-electron chi connectivity index (χ0n) is 15.2. The minimum Gasteiger partial charge on any atom is -0.493 e. The Morgan fingerprint density at radius 3 is 2.80 bits per heavy atom. The third-order valence-corrected chi connectivity index (χ3v) is 4.08. The van der Waals surface area contributed by atoms with E-state index < -0.39 is 6.04 Å². The van der Waals surface area contributed by atoms with Crippen molar-refractivity contribution in [3.05, 3.63) is 29.8 Å². The lowest BCUT2D eigenvalue weighted by molar-refractivity contribution is -0.141. The molecule has 1 heterocycles. The van der Waals surface area contributed by atoms with Gasteiger partial charge in [-0.05, 0) is 36.6 Å². The normalized spacial score (nSPS) is 17.7. The molecule has 2 amide bonds. The minimum absolute atomic E-state index is 0.0585. The summed E-state index contributed by atoms with van der Waals surface area (Å²) in [6.07, 6.45) is 3.24. The second-order valence-electron chi connectivity index (χ2n) is 6.19. The van der Waals surface area contributed by atoms with Crippen molar-refractivity contribution in [3.8, 4) is 11.5 Å². The van der Waals surface area contributed by atoms with E-state index in [9.17, 15) is 9.59 Å². The molecule has 0 aliphatic carbocycles. The van der Waals surface area contributed by atoms with Crippen LogP contribution in [0.15, 0.2) is 24.3 Å². The molecule has 1 aliphatic heterocycles. The van der Waals surface area contributed by atoms with Crippen molar-refractivity contribution in [1.29, 1.82) is 0 Å². The molecule has 6 heteroatoms. The lowest BCUT2D eigenvalue weighted by Gasteiger charge is -2.36. The topological polar surface area (TPSA) is 67.9 Å². The number of carbonyl (C=O) groups is 2. The number of benzene rings is 1. The molecule has 0 radical (unpaired) electrons. The van der Waals surface area contributed by atoms with Crippen molar-refractivity contribution >= 4 is 17.9 Å². The SMILES string of the molecule is CCOc1cc(/C=C/C(=O)N2CCNC(=O)C2C(C)C)ccc1OC. The van der Waals surface area contributed by atoms with Crippen molar-refractivity contribution in [2.75, 3.05) is 26.8 Å². The average molecular weight is 346 g/mol. The first-order valence-electron chi connectivity index (χ1n) is 8.55. The van der Waals surface area contributed by atoms with E-state index in [2.05, 4.69) is 5.32 Å². The second-order valence-corrected chi connectivity index (χ2v) is 6.19. The smallest absolute Gasteiger partial charge is 0.247 e. The average Bonchev–Trinajstić information content (AvgIpc) is 2.59. The maximum absolute atomic E-state index is 12.6. The van der Waals surface area contributed by atoms with Crippen LogP contribution in [0.5, 0.6) is 11.5 Å². The first-order valence-corrected chi connectivity index (χ1v) is 8.55. The van der Waals surface area contributed by atoms with E-state index in [1.165, 1.54) is 6.08 Å². The van der Waals surface area contributed by atoms with Crippen molar-refractivity contribution in [3.63, 3.8) is 0 Å². The number of hydrogen-bond donors (Lipinski definition) is 1. The number of nitrogens with one attached hydrogen (secondary N) is 1. The van der Waals surface area contributed by atoms with Crippen molar-refractivity contribution in [2.45, 2.75) is 26.8 Å². The van der Waals surface area contributed by atoms with Gasteiger partial charge >= 0.3 is 0 Å². The first kappa shape index (κ1) is 18.8. The molecule has 1 aliphatic rings. The van der Waals surface area contributed by atoms with Gasteiger partial charge in [0.05, 0.1) is 13.7 Å². The molecule has 1 aromatic carbocycles. The van der Waals surface area contributed by atoms with Gasteiger partial charge in [-0.3, -0.25) is 9.59 Å². The van der Waals surface area contributed by atoms with Crippen LogP contribution in [-0.2, 0) is 9.59 Å². The van der Waals surface area contributed by atoms with E-state index in [4.69, 9.17) is 9.47 Å². The van der Waals surface area contributed by atoms with Crippen LogP contribution in [0.2, 0.25) is 0 Å². The van der Waals surface area contributed by atoms with Gasteiger partial charge in [-0.25, -0.2) is 0 Å². The van der Waals surface area contributed by atoms with Gasteiger partial charge in [-0.1, -0.05) is 19.9 Å². The number of ether oxygens (including phenoxy) is 2. The summed E-state index contributed by atoms with van der Waals surface area (Å²) in [6.45, 7) is 7.32. The molecule has 1 saturated heterocycles. The second kappa shape index (κ2) is 8.55. The Morgan fingerprint density at radius 2 is 2.16 bits per heavy atom. The molecule has 1 unspecified atom stereocenters. The van der Waals surface area contributed by atoms with E-state index in [1.54, 1.807) is 24.2 Å². The summed E-state index contributed by atoms with van der Waals surface area (Å²) in [4.78, 5) is 26.3. The number of carbonyl (C=O) groups excluding carboxylic acids is 2. The predicted molar refractivity (Wildman–Crippen MR) is 96.5 cm³/mol. The highest BCUT2D eigenvalue weighted by molar-refractivity contribution is 5.96. The van der Waals surface area contributed by atoms with Gasteiger partial charge in [-0.2, -0.15) is 0 Å². The Balaban J connectivity index is 2.16. The van der Waals surface area contributed by atoms with Crippen LogP contribution in [-0.4, -0.2) is 49.6 Å². The Morgan fingerprint density at radius 1 is 1.40 bits per heavy atom. The van der Waals surface area contributed by atoms with Gasteiger partial charge in [0, 0.05) is 19.2 Å². The quantitative estimate of drug-likeness (QED) is 0.801. The van der Waals surface area contributed by atoms with Gasteiger partial charge in [0.15, 0.2) is 11.5 Å². The summed E-state index contributed by atoms with van der Waals surface area (Å²) in [5.74, 6) is 1.09. The van der Waals surface area contributed by atoms with Crippen LogP contribution >= 0.6 is 0 Å². The molecule has 1 fully saturated rings. The Bertz CT molecular complexity index is 655. The highest BCUT2D eigenvalue weighted by Crippen LogP contribution is 2.28. The molecule has 2 rings (SSSR count). The maximum Gasteiger partial charge on any atom is 0.247 e. The zero-order chi connectivity index (χ0) is 18.4. The number of hydrogen-bond acceptors (Lipinski definition) is 4. The fourth-order valence-corrected chi connectivity index (χ4v) is 2.92. The summed E-state index contributed by atoms with van der Waals surface area (Å²) in [5, 5.41) is 2.82. The van der Waals surface area contributed by atoms with Crippen LogP contribution in [0.3, 0.4) is 0 Å². The number of rotatable bonds is 6. The van der Waals surface area contributed by atoms with Gasteiger partial charge in [0.2, 0.25) is 11.8 Å². The fourth-order valence-electron chi connectivity index (χ4n) is 2.92. The summed E-state index contributed by atoms with van der Waals surface area (Å²) >= 11 is 0. The largest absolute Gasteiger partial charge is 0.493 e. The van der Waals surface area contributed by atoms with E-state index in [1.807, 2.05) is 32.9 Å². The standard InChI is InChI=1S/C19H26N2O4/c1-5-25-16-12-14(6-8-15(16)24-4)7-9-17(22)21-11-10-20-19(23)18(21)13(2)3/h6-9,12-13,18H,5,10-11H2,1-4H3,(H,20,23)/b9-7+. The number of nitrogens with zero attached hydrogens (tertiary/aromatic N) is 1. The lowest BCUT2D eigenvalue weighted by Crippen LogP contribution is -2.58. The third kappa shape index (κ3) is 4.53. The van der Waals surface area contributed by atoms with Crippen molar-refractivity contribution in [1.82, 2.24) is 10.2 Å². The molecule has 136 valence electrons. The molecule has 0 bridgehead atoms. The lowest BCUT2D eigenvalue weighted by atomic mass is 9.99. The summed E-state index contributed by atoms with van der Waals surface area (Å²) in [5.41, 5.74) is 0.833. The fraction of sp³-hybridized carbons (Fsp3) is 0.474. The predicted octanol–water partition coefficient (Wildman–Crippen LogP) is 2.09. The molecule has 0 saturated carbocycles. The highest BCUT2D eigenvalue weighted by Gasteiger charge is 2.34. The number of piperazine rings is 1. The highest BCUT2D eigenvalue weighted by atomic mass is 16.5. The van der Waals surface area contributed by atoms with Crippen LogP contribution < -0.4 is 14.8 Å². The van der Waals surface area contributed by atoms with E-state index in [0.717, 1.165) is 5.56 Å². The number of amides is 2. The van der Waals surface area contributed by atoms with Crippen LogP contribution in [0, 0.1) is 5.92 Å². The first-order chi connectivity index (χ1) is 12.0. The third-order valence-electron chi connectivity index (χ3n) is 4.08. The van der Waals surface area contributed by atoms with Gasteiger partial charge in [0.25, 0.3) is 0 Å². The molecule has 6 nitrogen and oxygen atoms in total. The molecule has 1 atom stereocenters. The van der Waals surface area contributed by atoms with Gasteiger partial charge in [0.1, 0.15) is 6.04 Å². The summed E-state index contributed by atoms with van der Waals surface area (Å²) in [6, 6.07) is 5.06. The molecule has 25 heavy (non-hydrogen) atoms. The molecular formula is C19H26N2O4. The minimum atomic E-state index is -0.430. The van der Waals surface area contributed by atoms with Crippen molar-refractivity contribution in [2.24, 2.45) is 5.92 Å². The Labute approximate surface area is 148 Å². The molecule has 0 spiro atoms. The molecular weight excluding hydrogens is 320 g/mol. The van der Waals surface area contributed by atoms with Gasteiger partial charge < -0.3 is 19.7 Å². The molecule has 0 aromatic heterocycles. The van der Waals surface area contributed by atoms with Crippen LogP contribution in [0.25, 0.3) is 6.08 Å². The number of methoxy groups -OCH3 is 1. The van der Waals surface area contributed by atoms with E-state index in [-0.39, 0.29) is 17.7 Å². The molecule has 1 N–H and O–H groups in total. The monoisotopic (exact) mass is 346 g/mol. The van der Waals surface area contributed by atoms with Crippen molar-refractivity contribution < 1.29 is 19.1 Å². The van der Waals surface area contributed by atoms with Crippen LogP contribution in [0.1, 0.15) is 26.3 Å².